The van der Waals surface area contributed by atoms with Crippen molar-refractivity contribution in [3.8, 4) is 0 Å². The van der Waals surface area contributed by atoms with E-state index < -0.39 is 30.4 Å². The van der Waals surface area contributed by atoms with Crippen molar-refractivity contribution < 1.29 is 23.9 Å². The number of ketones is 1. The van der Waals surface area contributed by atoms with Gasteiger partial charge in [-0.25, -0.2) is 0 Å². The van der Waals surface area contributed by atoms with E-state index in [-0.39, 0.29) is 16.9 Å². The summed E-state index contributed by atoms with van der Waals surface area (Å²) in [5.74, 6) is -2.33. The minimum atomic E-state index is -1.19. The second kappa shape index (κ2) is 8.59. The Labute approximate surface area is 185 Å². The molecular formula is C26H21NO5. The van der Waals surface area contributed by atoms with E-state index in [1.165, 1.54) is 12.1 Å². The highest BCUT2D eigenvalue weighted by Gasteiger charge is 2.37. The van der Waals surface area contributed by atoms with Crippen molar-refractivity contribution in [3.63, 3.8) is 0 Å². The number of hydrogen-bond donors (Lipinski definition) is 0. The molecule has 3 aromatic carbocycles. The highest BCUT2D eigenvalue weighted by molar-refractivity contribution is 6.22. The lowest BCUT2D eigenvalue weighted by atomic mass is 9.97. The van der Waals surface area contributed by atoms with Gasteiger partial charge in [0.2, 0.25) is 5.78 Å². The molecule has 160 valence electrons. The number of rotatable bonds is 6. The first-order chi connectivity index (χ1) is 15.4. The quantitative estimate of drug-likeness (QED) is 0.337. The molecule has 0 N–H and O–H groups in total. The third kappa shape index (κ3) is 3.95. The minimum Gasteiger partial charge on any atom is -0.448 e. The molecule has 4 rings (SSSR count). The summed E-state index contributed by atoms with van der Waals surface area (Å²) >= 11 is 0. The van der Waals surface area contributed by atoms with Gasteiger partial charge in [0.05, 0.1) is 11.1 Å². The zero-order valence-electron chi connectivity index (χ0n) is 17.7. The van der Waals surface area contributed by atoms with E-state index >= 15 is 0 Å². The normalized spacial score (nSPS) is 13.6. The number of ether oxygens (including phenoxy) is 1. The molecule has 2 amide bonds. The van der Waals surface area contributed by atoms with Crippen LogP contribution in [0.25, 0.3) is 0 Å². The molecule has 0 spiro atoms. The van der Waals surface area contributed by atoms with Crippen LogP contribution in [-0.4, -0.2) is 35.0 Å². The number of carbonyl (C=O) groups excluding carboxylic acids is 4. The second-order valence-electron chi connectivity index (χ2n) is 7.69. The van der Waals surface area contributed by atoms with Gasteiger partial charge in [0.25, 0.3) is 11.8 Å². The third-order valence-electron chi connectivity index (χ3n) is 5.55. The minimum absolute atomic E-state index is 0.246. The zero-order valence-corrected chi connectivity index (χ0v) is 17.7. The lowest BCUT2D eigenvalue weighted by Crippen LogP contribution is -2.36. The maximum Gasteiger partial charge on any atom is 0.327 e. The fourth-order valence-electron chi connectivity index (χ4n) is 3.63. The Bertz CT molecular complexity index is 1200. The molecule has 0 aliphatic carbocycles. The first-order valence-electron chi connectivity index (χ1n) is 10.2. The SMILES string of the molecule is Cc1ccc(C(=O)[C@@H](OC(=O)CN2C(=O)c3ccccc3C2=O)c2ccccc2)cc1C. The molecule has 0 saturated heterocycles. The molecule has 1 atom stereocenters. The van der Waals surface area contributed by atoms with E-state index in [0.717, 1.165) is 16.0 Å². The molecule has 1 aliphatic rings. The van der Waals surface area contributed by atoms with Crippen molar-refractivity contribution in [2.45, 2.75) is 20.0 Å². The first kappa shape index (κ1) is 21.2. The van der Waals surface area contributed by atoms with Gasteiger partial charge in [-0.15, -0.1) is 0 Å². The topological polar surface area (TPSA) is 80.8 Å². The van der Waals surface area contributed by atoms with Crippen molar-refractivity contribution in [3.05, 3.63) is 106 Å². The standard InChI is InChI=1S/C26H21NO5/c1-16-12-13-19(14-17(16)2)23(29)24(18-8-4-3-5-9-18)32-22(28)15-27-25(30)20-10-6-7-11-21(20)26(27)31/h3-14,24H,15H2,1-2H3/t24-/m0/s1. The van der Waals surface area contributed by atoms with Crippen LogP contribution < -0.4 is 0 Å². The molecule has 0 saturated carbocycles. The van der Waals surface area contributed by atoms with Crippen LogP contribution in [0.4, 0.5) is 0 Å². The number of esters is 1. The lowest BCUT2D eigenvalue weighted by molar-refractivity contribution is -0.147. The lowest BCUT2D eigenvalue weighted by Gasteiger charge is -2.20. The van der Waals surface area contributed by atoms with E-state index in [2.05, 4.69) is 0 Å². The van der Waals surface area contributed by atoms with Crippen LogP contribution in [-0.2, 0) is 9.53 Å². The molecule has 32 heavy (non-hydrogen) atoms. The number of benzene rings is 3. The molecule has 6 nitrogen and oxygen atoms in total. The van der Waals surface area contributed by atoms with Gasteiger partial charge in [-0.2, -0.15) is 0 Å². The Morgan fingerprint density at radius 1 is 0.812 bits per heavy atom. The van der Waals surface area contributed by atoms with E-state index in [0.29, 0.717) is 11.1 Å². The number of carbonyl (C=O) groups is 4. The fraction of sp³-hybridized carbons (Fsp3) is 0.154. The van der Waals surface area contributed by atoms with Crippen LogP contribution >= 0.6 is 0 Å². The summed E-state index contributed by atoms with van der Waals surface area (Å²) in [5, 5.41) is 0. The third-order valence-corrected chi connectivity index (χ3v) is 5.55. The average molecular weight is 427 g/mol. The van der Waals surface area contributed by atoms with Gasteiger partial charge in [0.15, 0.2) is 6.10 Å². The summed E-state index contributed by atoms with van der Waals surface area (Å²) in [7, 11) is 0. The maximum absolute atomic E-state index is 13.3. The predicted molar refractivity (Wildman–Crippen MR) is 117 cm³/mol. The zero-order chi connectivity index (χ0) is 22.8. The molecule has 1 heterocycles. The molecule has 0 aromatic heterocycles. The molecular weight excluding hydrogens is 406 g/mol. The van der Waals surface area contributed by atoms with Gasteiger partial charge in [-0.05, 0) is 43.2 Å². The average Bonchev–Trinajstić information content (AvgIpc) is 3.04. The summed E-state index contributed by atoms with van der Waals surface area (Å²) < 4.78 is 5.55. The highest BCUT2D eigenvalue weighted by Crippen LogP contribution is 2.26. The van der Waals surface area contributed by atoms with E-state index in [4.69, 9.17) is 4.74 Å². The van der Waals surface area contributed by atoms with Crippen molar-refractivity contribution >= 4 is 23.6 Å². The predicted octanol–water partition coefficient (Wildman–Crippen LogP) is 4.07. The number of nitrogens with zero attached hydrogens (tertiary/aromatic N) is 1. The van der Waals surface area contributed by atoms with E-state index in [1.807, 2.05) is 19.9 Å². The fourth-order valence-corrected chi connectivity index (χ4v) is 3.63. The summed E-state index contributed by atoms with van der Waals surface area (Å²) in [6.45, 7) is 3.27. The number of amides is 2. The van der Waals surface area contributed by atoms with Crippen LogP contribution in [0.1, 0.15) is 53.9 Å². The smallest absolute Gasteiger partial charge is 0.327 e. The molecule has 0 bridgehead atoms. The van der Waals surface area contributed by atoms with Crippen LogP contribution in [0.15, 0.2) is 72.8 Å². The summed E-state index contributed by atoms with van der Waals surface area (Å²) in [5.41, 5.74) is 3.40. The summed E-state index contributed by atoms with van der Waals surface area (Å²) in [6, 6.07) is 20.3. The Kier molecular flexibility index (Phi) is 5.69. The Morgan fingerprint density at radius 2 is 1.41 bits per heavy atom. The number of imide groups is 1. The van der Waals surface area contributed by atoms with Crippen molar-refractivity contribution in [1.82, 2.24) is 4.90 Å². The van der Waals surface area contributed by atoms with Gasteiger partial charge in [0.1, 0.15) is 6.54 Å². The van der Waals surface area contributed by atoms with Crippen molar-refractivity contribution in [2.75, 3.05) is 6.54 Å². The largest absolute Gasteiger partial charge is 0.448 e. The van der Waals surface area contributed by atoms with Crippen LogP contribution in [0.2, 0.25) is 0 Å². The van der Waals surface area contributed by atoms with Gasteiger partial charge < -0.3 is 4.74 Å². The van der Waals surface area contributed by atoms with Crippen LogP contribution in [0.5, 0.6) is 0 Å². The number of Topliss-reactive ketones (excluding diaryl/α,β-unsaturated/α-hetero) is 1. The van der Waals surface area contributed by atoms with Crippen molar-refractivity contribution in [2.24, 2.45) is 0 Å². The number of aryl methyl sites for hydroxylation is 2. The molecule has 0 fully saturated rings. The number of hydrogen-bond acceptors (Lipinski definition) is 5. The summed E-state index contributed by atoms with van der Waals surface area (Å²) in [4.78, 5) is 52.0. The maximum atomic E-state index is 13.3. The number of fused-ring (bicyclic) bond motifs is 1. The van der Waals surface area contributed by atoms with Gasteiger partial charge in [0, 0.05) is 11.1 Å². The Morgan fingerprint density at radius 3 is 2.00 bits per heavy atom. The molecule has 0 unspecified atom stereocenters. The summed E-state index contributed by atoms with van der Waals surface area (Å²) in [6.07, 6.45) is -1.19. The van der Waals surface area contributed by atoms with Gasteiger partial charge in [-0.3, -0.25) is 24.1 Å². The Balaban J connectivity index is 1.57. The van der Waals surface area contributed by atoms with E-state index in [9.17, 15) is 19.2 Å². The van der Waals surface area contributed by atoms with Gasteiger partial charge >= 0.3 is 5.97 Å². The molecule has 3 aromatic rings. The molecule has 1 aliphatic heterocycles. The second-order valence-corrected chi connectivity index (χ2v) is 7.69. The van der Waals surface area contributed by atoms with Crippen LogP contribution in [0.3, 0.4) is 0 Å². The Hall–Kier alpha value is -4.06. The first-order valence-corrected chi connectivity index (χ1v) is 10.2. The molecule has 0 radical (unpaired) electrons. The monoisotopic (exact) mass is 427 g/mol. The highest BCUT2D eigenvalue weighted by atomic mass is 16.5. The van der Waals surface area contributed by atoms with Crippen molar-refractivity contribution in [1.29, 1.82) is 0 Å². The molecule has 6 heteroatoms. The van der Waals surface area contributed by atoms with E-state index in [1.54, 1.807) is 54.6 Å². The van der Waals surface area contributed by atoms with Crippen LogP contribution in [0, 0.1) is 13.8 Å². The van der Waals surface area contributed by atoms with Gasteiger partial charge in [-0.1, -0.05) is 54.6 Å².